The van der Waals surface area contributed by atoms with Crippen molar-refractivity contribution < 1.29 is 27.9 Å². The van der Waals surface area contributed by atoms with Crippen LogP contribution < -0.4 is 5.32 Å². The number of carbonyl (C=O) groups excluding carboxylic acids is 1. The van der Waals surface area contributed by atoms with Crippen LogP contribution in [0.4, 0.5) is 13.2 Å². The molecule has 0 radical (unpaired) electrons. The molecule has 214 valence electrons. The van der Waals surface area contributed by atoms with Crippen LogP contribution in [0.2, 0.25) is 5.02 Å². The predicted molar refractivity (Wildman–Crippen MR) is 150 cm³/mol. The summed E-state index contributed by atoms with van der Waals surface area (Å²) in [5, 5.41) is 12.5. The van der Waals surface area contributed by atoms with Gasteiger partial charge in [0.05, 0.1) is 34.3 Å². The van der Waals surface area contributed by atoms with Crippen LogP contribution in [0.25, 0.3) is 22.3 Å². The maximum atomic E-state index is 13.8. The summed E-state index contributed by atoms with van der Waals surface area (Å²) < 4.78 is 41.3. The van der Waals surface area contributed by atoms with Crippen molar-refractivity contribution in [3.8, 4) is 11.3 Å². The molecular formula is C31H29ClF3N3O3. The Bertz CT molecular complexity index is 1520. The lowest BCUT2D eigenvalue weighted by atomic mass is 9.93. The Morgan fingerprint density at radius 2 is 1.83 bits per heavy atom. The third-order valence-electron chi connectivity index (χ3n) is 7.78. The van der Waals surface area contributed by atoms with Crippen LogP contribution in [-0.4, -0.2) is 39.7 Å². The molecule has 10 heteroatoms. The lowest BCUT2D eigenvalue weighted by Gasteiger charge is -2.23. The zero-order chi connectivity index (χ0) is 29.1. The van der Waals surface area contributed by atoms with Crippen molar-refractivity contribution in [1.29, 1.82) is 0 Å². The van der Waals surface area contributed by atoms with E-state index in [1.165, 1.54) is 18.2 Å². The molecule has 2 unspecified atom stereocenters. The normalized spacial score (nSPS) is 19.7. The molecule has 0 bridgehead atoms. The van der Waals surface area contributed by atoms with E-state index in [1.54, 1.807) is 30.4 Å². The summed E-state index contributed by atoms with van der Waals surface area (Å²) in [6.45, 7) is -0.574. The summed E-state index contributed by atoms with van der Waals surface area (Å²) in [6, 6.07) is 11.9. The summed E-state index contributed by atoms with van der Waals surface area (Å²) in [6.07, 6.45) is 3.90. The summed E-state index contributed by atoms with van der Waals surface area (Å²) >= 11 is 6.08. The van der Waals surface area contributed by atoms with Gasteiger partial charge in [-0.15, -0.1) is 0 Å². The molecule has 2 N–H and O–H groups in total. The average molecular weight is 584 g/mol. The zero-order valence-electron chi connectivity index (χ0n) is 22.1. The minimum Gasteiger partial charge on any atom is -0.481 e. The highest BCUT2D eigenvalue weighted by Crippen LogP contribution is 2.36. The summed E-state index contributed by atoms with van der Waals surface area (Å²) in [5.74, 6) is -3.50. The zero-order valence-corrected chi connectivity index (χ0v) is 22.9. The van der Waals surface area contributed by atoms with E-state index in [2.05, 4.69) is 5.32 Å². The van der Waals surface area contributed by atoms with Gasteiger partial charge in [0.1, 0.15) is 0 Å². The Hall–Kier alpha value is -3.72. The van der Waals surface area contributed by atoms with Crippen LogP contribution in [0.5, 0.6) is 0 Å². The number of hydrogen-bond acceptors (Lipinski definition) is 4. The van der Waals surface area contributed by atoms with Gasteiger partial charge in [0.25, 0.3) is 5.91 Å². The van der Waals surface area contributed by atoms with Crippen molar-refractivity contribution in [3.63, 3.8) is 0 Å². The standard InChI is InChI=1S/C31H29ClF3N3O3/c32-23-11-8-20(9-12-23)28-27(15-18-6-7-22(14-18)30(40)41)37-26-16-21(10-13-25(26)38-28)29(39)36-17-24(31(33,34)35)19-4-2-1-3-5-19/h2,4-5,8-13,16,18,22,24H,1,3,6-7,14-15,17H2,(H,36,39)(H,40,41)/t18?,22?,24-/m0/s1. The molecule has 3 atom stereocenters. The number of carbonyl (C=O) groups is 2. The first-order valence-corrected chi connectivity index (χ1v) is 14.0. The maximum Gasteiger partial charge on any atom is 0.397 e. The molecule has 1 fully saturated rings. The fourth-order valence-electron chi connectivity index (χ4n) is 5.58. The topological polar surface area (TPSA) is 92.2 Å². The van der Waals surface area contributed by atoms with Crippen molar-refractivity contribution in [3.05, 3.63) is 82.5 Å². The van der Waals surface area contributed by atoms with E-state index < -0.39 is 30.5 Å². The Morgan fingerprint density at radius 1 is 1.05 bits per heavy atom. The van der Waals surface area contributed by atoms with E-state index >= 15 is 0 Å². The number of carboxylic acid groups (broad SMARTS) is 1. The van der Waals surface area contributed by atoms with Crippen molar-refractivity contribution >= 4 is 34.5 Å². The summed E-state index contributed by atoms with van der Waals surface area (Å²) in [4.78, 5) is 34.1. The molecule has 1 saturated carbocycles. The third kappa shape index (κ3) is 6.78. The van der Waals surface area contributed by atoms with Gasteiger partial charge < -0.3 is 10.4 Å². The van der Waals surface area contributed by atoms with E-state index in [1.807, 2.05) is 12.1 Å². The Labute approximate surface area is 240 Å². The Kier molecular flexibility index (Phi) is 8.45. The number of hydrogen-bond donors (Lipinski definition) is 2. The number of fused-ring (bicyclic) bond motifs is 1. The highest BCUT2D eigenvalue weighted by Gasteiger charge is 2.41. The van der Waals surface area contributed by atoms with Gasteiger partial charge >= 0.3 is 12.1 Å². The lowest BCUT2D eigenvalue weighted by Crippen LogP contribution is -2.37. The Morgan fingerprint density at radius 3 is 2.49 bits per heavy atom. The number of alkyl halides is 3. The number of halogens is 4. The van der Waals surface area contributed by atoms with Crippen molar-refractivity contribution in [2.45, 2.75) is 44.7 Å². The number of allylic oxidation sites excluding steroid dienone is 3. The van der Waals surface area contributed by atoms with Crippen molar-refractivity contribution in [2.24, 2.45) is 17.8 Å². The van der Waals surface area contributed by atoms with Crippen LogP contribution in [0.1, 0.15) is 48.2 Å². The number of carboxylic acids is 1. The number of benzene rings is 2. The van der Waals surface area contributed by atoms with Gasteiger partial charge in [-0.05, 0) is 80.3 Å². The first-order valence-electron chi connectivity index (χ1n) is 13.6. The minimum atomic E-state index is -4.50. The number of aromatic nitrogens is 2. The number of rotatable bonds is 8. The maximum absolute atomic E-state index is 13.8. The van der Waals surface area contributed by atoms with E-state index in [0.29, 0.717) is 59.5 Å². The van der Waals surface area contributed by atoms with Crippen molar-refractivity contribution in [1.82, 2.24) is 15.3 Å². The molecule has 0 aliphatic heterocycles. The second kappa shape index (κ2) is 12.0. The van der Waals surface area contributed by atoms with Crippen molar-refractivity contribution in [2.75, 3.05) is 6.54 Å². The highest BCUT2D eigenvalue weighted by molar-refractivity contribution is 6.30. The second-order valence-electron chi connectivity index (χ2n) is 10.6. The highest BCUT2D eigenvalue weighted by atomic mass is 35.5. The average Bonchev–Trinajstić information content (AvgIpc) is 3.42. The molecule has 5 rings (SSSR count). The van der Waals surface area contributed by atoms with Gasteiger partial charge in [-0.25, -0.2) is 9.97 Å². The van der Waals surface area contributed by atoms with Crippen LogP contribution in [0, 0.1) is 17.8 Å². The fourth-order valence-corrected chi connectivity index (χ4v) is 5.71. The molecule has 2 aliphatic carbocycles. The molecule has 1 aromatic heterocycles. The summed E-state index contributed by atoms with van der Waals surface area (Å²) in [5.41, 5.74) is 3.41. The first kappa shape index (κ1) is 28.8. The molecule has 1 amide bonds. The summed E-state index contributed by atoms with van der Waals surface area (Å²) in [7, 11) is 0. The molecule has 3 aromatic rings. The van der Waals surface area contributed by atoms with E-state index in [9.17, 15) is 27.9 Å². The molecule has 1 heterocycles. The van der Waals surface area contributed by atoms with Gasteiger partial charge in [0, 0.05) is 22.7 Å². The number of nitrogens with one attached hydrogen (secondary N) is 1. The Balaban J connectivity index is 1.42. The monoisotopic (exact) mass is 583 g/mol. The third-order valence-corrected chi connectivity index (χ3v) is 8.03. The largest absolute Gasteiger partial charge is 0.481 e. The SMILES string of the molecule is O=C(NC[C@@H](C1=CCCC=C1)C(F)(F)F)c1ccc2nc(-c3ccc(Cl)cc3)c(CC3CCC(C(=O)O)C3)nc2c1. The molecule has 41 heavy (non-hydrogen) atoms. The number of aliphatic carboxylic acids is 1. The second-order valence-corrected chi connectivity index (χ2v) is 11.1. The minimum absolute atomic E-state index is 0.114. The molecule has 2 aliphatic rings. The lowest BCUT2D eigenvalue weighted by molar-refractivity contribution is -0.161. The quantitative estimate of drug-likeness (QED) is 0.293. The molecule has 0 spiro atoms. The van der Waals surface area contributed by atoms with Gasteiger partial charge in [-0.3, -0.25) is 9.59 Å². The van der Waals surface area contributed by atoms with E-state index in [0.717, 1.165) is 12.0 Å². The molecule has 2 aromatic carbocycles. The molecular weight excluding hydrogens is 555 g/mol. The van der Waals surface area contributed by atoms with E-state index in [-0.39, 0.29) is 23.0 Å². The van der Waals surface area contributed by atoms with Crippen LogP contribution in [0.3, 0.4) is 0 Å². The first-order chi connectivity index (χ1) is 19.6. The number of nitrogens with zero attached hydrogens (tertiary/aromatic N) is 2. The van der Waals surface area contributed by atoms with Gasteiger partial charge in [0.15, 0.2) is 0 Å². The van der Waals surface area contributed by atoms with Crippen LogP contribution in [0.15, 0.2) is 66.3 Å². The van der Waals surface area contributed by atoms with Crippen LogP contribution >= 0.6 is 11.6 Å². The molecule has 0 saturated heterocycles. The smallest absolute Gasteiger partial charge is 0.397 e. The number of amides is 1. The van der Waals surface area contributed by atoms with Gasteiger partial charge in [-0.2, -0.15) is 13.2 Å². The molecule has 6 nitrogen and oxygen atoms in total. The predicted octanol–water partition coefficient (Wildman–Crippen LogP) is 7.18. The van der Waals surface area contributed by atoms with Crippen LogP contribution in [-0.2, 0) is 11.2 Å². The fraction of sp³-hybridized carbons (Fsp3) is 0.355. The van der Waals surface area contributed by atoms with Gasteiger partial charge in [-0.1, -0.05) is 42.0 Å². The van der Waals surface area contributed by atoms with Gasteiger partial charge in [0.2, 0.25) is 0 Å². The van der Waals surface area contributed by atoms with E-state index in [4.69, 9.17) is 21.6 Å².